The van der Waals surface area contributed by atoms with Gasteiger partial charge in [-0.25, -0.2) is 0 Å². The molecule has 18 heavy (non-hydrogen) atoms. The molecular formula is C15H20Cl2O. The van der Waals surface area contributed by atoms with Crippen molar-refractivity contribution in [1.82, 2.24) is 0 Å². The van der Waals surface area contributed by atoms with Crippen LogP contribution in [0.1, 0.15) is 44.6 Å². The molecule has 0 spiro atoms. The lowest BCUT2D eigenvalue weighted by Gasteiger charge is -2.37. The summed E-state index contributed by atoms with van der Waals surface area (Å²) in [5.74, 6) is 0.640. The molecule has 0 aromatic heterocycles. The minimum absolute atomic E-state index is 0.570. The fourth-order valence-electron chi connectivity index (χ4n) is 3.01. The van der Waals surface area contributed by atoms with E-state index in [1.54, 1.807) is 6.07 Å². The van der Waals surface area contributed by atoms with Crippen molar-refractivity contribution in [2.75, 3.05) is 0 Å². The summed E-state index contributed by atoms with van der Waals surface area (Å²) in [6.45, 7) is 2.20. The van der Waals surface area contributed by atoms with Crippen LogP contribution in [-0.2, 0) is 6.42 Å². The van der Waals surface area contributed by atoms with Gasteiger partial charge < -0.3 is 5.11 Å². The van der Waals surface area contributed by atoms with E-state index in [1.807, 2.05) is 12.1 Å². The zero-order chi connectivity index (χ0) is 13.2. The van der Waals surface area contributed by atoms with Crippen molar-refractivity contribution in [2.24, 2.45) is 5.92 Å². The molecule has 1 aliphatic rings. The van der Waals surface area contributed by atoms with Gasteiger partial charge in [0.15, 0.2) is 0 Å². The van der Waals surface area contributed by atoms with Crippen molar-refractivity contribution < 1.29 is 5.11 Å². The monoisotopic (exact) mass is 286 g/mol. The summed E-state index contributed by atoms with van der Waals surface area (Å²) in [5, 5.41) is 11.9. The van der Waals surface area contributed by atoms with Crippen LogP contribution in [0.25, 0.3) is 0 Å². The van der Waals surface area contributed by atoms with Gasteiger partial charge in [-0.2, -0.15) is 0 Å². The van der Waals surface area contributed by atoms with Gasteiger partial charge in [-0.05, 0) is 30.4 Å². The average Bonchev–Trinajstić information content (AvgIpc) is 2.35. The van der Waals surface area contributed by atoms with Gasteiger partial charge in [-0.1, -0.05) is 61.5 Å². The van der Waals surface area contributed by atoms with Crippen LogP contribution in [0.4, 0.5) is 0 Å². The van der Waals surface area contributed by atoms with E-state index in [0.717, 1.165) is 31.2 Å². The molecule has 0 saturated heterocycles. The number of aliphatic hydroxyl groups is 1. The molecule has 2 atom stereocenters. The van der Waals surface area contributed by atoms with Crippen molar-refractivity contribution in [3.05, 3.63) is 33.8 Å². The molecule has 1 N–H and O–H groups in total. The molecule has 2 unspecified atom stereocenters. The van der Waals surface area contributed by atoms with E-state index in [2.05, 4.69) is 6.92 Å². The molecule has 1 aromatic carbocycles. The zero-order valence-electron chi connectivity index (χ0n) is 10.8. The van der Waals surface area contributed by atoms with Gasteiger partial charge in [0, 0.05) is 6.42 Å². The summed E-state index contributed by atoms with van der Waals surface area (Å²) in [4.78, 5) is 0. The third kappa shape index (κ3) is 3.20. The van der Waals surface area contributed by atoms with E-state index in [0.29, 0.717) is 22.4 Å². The number of halogens is 2. The molecule has 1 saturated carbocycles. The molecule has 1 aromatic rings. The first-order chi connectivity index (χ1) is 8.54. The number of hydrogen-bond acceptors (Lipinski definition) is 1. The molecule has 0 radical (unpaired) electrons. The summed E-state index contributed by atoms with van der Waals surface area (Å²) in [7, 11) is 0. The molecule has 0 aliphatic heterocycles. The summed E-state index contributed by atoms with van der Waals surface area (Å²) in [6.07, 6.45) is 5.85. The Morgan fingerprint density at radius 1 is 1.39 bits per heavy atom. The van der Waals surface area contributed by atoms with Crippen LogP contribution in [0.2, 0.25) is 10.0 Å². The van der Waals surface area contributed by atoms with E-state index in [-0.39, 0.29) is 0 Å². The predicted molar refractivity (Wildman–Crippen MR) is 77.4 cm³/mol. The predicted octanol–water partition coefficient (Wildman–Crippen LogP) is 4.87. The normalized spacial score (nSPS) is 28.3. The van der Waals surface area contributed by atoms with Crippen LogP contribution in [0.15, 0.2) is 18.2 Å². The van der Waals surface area contributed by atoms with Gasteiger partial charge in [0.1, 0.15) is 0 Å². The Labute approximate surface area is 119 Å². The zero-order valence-corrected chi connectivity index (χ0v) is 12.3. The number of rotatable bonds is 3. The van der Waals surface area contributed by atoms with Gasteiger partial charge in [0.25, 0.3) is 0 Å². The smallest absolute Gasteiger partial charge is 0.0691 e. The van der Waals surface area contributed by atoms with Gasteiger partial charge in [-0.3, -0.25) is 0 Å². The summed E-state index contributed by atoms with van der Waals surface area (Å²) in [5.41, 5.74) is 0.358. The van der Waals surface area contributed by atoms with E-state index < -0.39 is 5.60 Å². The molecule has 1 nitrogen and oxygen atoms in total. The van der Waals surface area contributed by atoms with E-state index in [4.69, 9.17) is 23.2 Å². The Hall–Kier alpha value is -0.240. The van der Waals surface area contributed by atoms with Crippen molar-refractivity contribution >= 4 is 23.2 Å². The van der Waals surface area contributed by atoms with Crippen molar-refractivity contribution in [3.8, 4) is 0 Å². The maximum atomic E-state index is 10.7. The summed E-state index contributed by atoms with van der Waals surface area (Å²) >= 11 is 12.2. The van der Waals surface area contributed by atoms with Crippen LogP contribution in [0.5, 0.6) is 0 Å². The first-order valence-corrected chi connectivity index (χ1v) is 7.45. The highest BCUT2D eigenvalue weighted by atomic mass is 35.5. The van der Waals surface area contributed by atoms with E-state index in [1.165, 1.54) is 6.42 Å². The Morgan fingerprint density at radius 3 is 2.89 bits per heavy atom. The van der Waals surface area contributed by atoms with Gasteiger partial charge in [0.2, 0.25) is 0 Å². The van der Waals surface area contributed by atoms with Gasteiger partial charge >= 0.3 is 0 Å². The Bertz CT molecular complexity index is 419. The quantitative estimate of drug-likeness (QED) is 0.841. The third-order valence-electron chi connectivity index (χ3n) is 4.05. The molecule has 3 heteroatoms. The lowest BCUT2D eigenvalue weighted by Crippen LogP contribution is -2.37. The standard InChI is InChI=1S/C15H20Cl2O/c1-2-11-5-4-8-15(18,9-11)10-12-6-3-7-13(16)14(12)17/h3,6-7,11,18H,2,4-5,8-10H2,1H3. The topological polar surface area (TPSA) is 20.2 Å². The van der Waals surface area contributed by atoms with Crippen molar-refractivity contribution in [1.29, 1.82) is 0 Å². The molecule has 2 rings (SSSR count). The molecule has 0 amide bonds. The van der Waals surface area contributed by atoms with Crippen LogP contribution < -0.4 is 0 Å². The minimum atomic E-state index is -0.604. The Kier molecular flexibility index (Phi) is 4.58. The molecule has 0 heterocycles. The Balaban J connectivity index is 2.14. The first-order valence-electron chi connectivity index (χ1n) is 6.69. The minimum Gasteiger partial charge on any atom is -0.390 e. The van der Waals surface area contributed by atoms with E-state index in [9.17, 15) is 5.11 Å². The van der Waals surface area contributed by atoms with Crippen molar-refractivity contribution in [3.63, 3.8) is 0 Å². The van der Waals surface area contributed by atoms with Crippen molar-refractivity contribution in [2.45, 2.75) is 51.0 Å². The second kappa shape index (κ2) is 5.81. The molecular weight excluding hydrogens is 267 g/mol. The lowest BCUT2D eigenvalue weighted by molar-refractivity contribution is -0.0161. The highest BCUT2D eigenvalue weighted by Crippen LogP contribution is 2.38. The van der Waals surface area contributed by atoms with Crippen LogP contribution in [0, 0.1) is 5.92 Å². The Morgan fingerprint density at radius 2 is 2.17 bits per heavy atom. The molecule has 1 aliphatic carbocycles. The maximum absolute atomic E-state index is 10.7. The number of hydrogen-bond donors (Lipinski definition) is 1. The SMILES string of the molecule is CCC1CCCC(O)(Cc2cccc(Cl)c2Cl)C1. The van der Waals surface area contributed by atoms with Gasteiger partial charge in [-0.15, -0.1) is 0 Å². The lowest BCUT2D eigenvalue weighted by atomic mass is 9.74. The molecule has 0 bridgehead atoms. The maximum Gasteiger partial charge on any atom is 0.0691 e. The fraction of sp³-hybridized carbons (Fsp3) is 0.600. The van der Waals surface area contributed by atoms with E-state index >= 15 is 0 Å². The highest BCUT2D eigenvalue weighted by molar-refractivity contribution is 6.42. The van der Waals surface area contributed by atoms with Gasteiger partial charge in [0.05, 0.1) is 15.6 Å². The molecule has 100 valence electrons. The summed E-state index contributed by atoms with van der Waals surface area (Å²) in [6, 6.07) is 5.64. The van der Waals surface area contributed by atoms with Crippen LogP contribution >= 0.6 is 23.2 Å². The average molecular weight is 287 g/mol. The molecule has 1 fully saturated rings. The third-order valence-corrected chi connectivity index (χ3v) is 4.91. The second-order valence-corrected chi connectivity index (χ2v) is 6.27. The number of benzene rings is 1. The largest absolute Gasteiger partial charge is 0.390 e. The fourth-order valence-corrected chi connectivity index (χ4v) is 3.40. The first kappa shape index (κ1) is 14.2. The second-order valence-electron chi connectivity index (χ2n) is 5.48. The summed E-state index contributed by atoms with van der Waals surface area (Å²) < 4.78 is 0. The van der Waals surface area contributed by atoms with Crippen LogP contribution in [0.3, 0.4) is 0 Å². The highest BCUT2D eigenvalue weighted by Gasteiger charge is 2.34. The van der Waals surface area contributed by atoms with Crippen LogP contribution in [-0.4, -0.2) is 10.7 Å².